The molecule has 1 N–H and O–H groups in total. The predicted octanol–water partition coefficient (Wildman–Crippen LogP) is 2.65. The Balaban J connectivity index is 1.89. The number of anilines is 1. The van der Waals surface area contributed by atoms with Gasteiger partial charge in [0.05, 0.1) is 17.3 Å². The second kappa shape index (κ2) is 9.89. The number of methoxy groups -OCH3 is 2. The maximum atomic E-state index is 12.4. The number of carbonyl (C=O) groups is 1. The van der Waals surface area contributed by atoms with Crippen LogP contribution in [0.5, 0.6) is 0 Å². The minimum Gasteiger partial charge on any atom is -0.465 e. The fraction of sp³-hybridized carbons (Fsp3) is 0.696. The van der Waals surface area contributed by atoms with Gasteiger partial charge < -0.3 is 33.4 Å². The summed E-state index contributed by atoms with van der Waals surface area (Å²) in [6.45, 7) is 12.1. The molecule has 0 aliphatic carbocycles. The van der Waals surface area contributed by atoms with Crippen molar-refractivity contribution in [2.24, 2.45) is 0 Å². The molecule has 0 bridgehead atoms. The molecule has 2 saturated heterocycles. The Morgan fingerprint density at radius 1 is 1.03 bits per heavy atom. The average Bonchev–Trinajstić information content (AvgIpc) is 2.96. The van der Waals surface area contributed by atoms with Crippen LogP contribution in [0.1, 0.15) is 41.5 Å². The number of hydrogen-bond donors (Lipinski definition) is 1. The van der Waals surface area contributed by atoms with Gasteiger partial charge in [0.25, 0.3) is 0 Å². The van der Waals surface area contributed by atoms with Crippen LogP contribution in [0.3, 0.4) is 0 Å². The van der Waals surface area contributed by atoms with E-state index in [1.54, 1.807) is 31.4 Å². The first kappa shape index (κ1) is 25.9. The summed E-state index contributed by atoms with van der Waals surface area (Å²) >= 11 is 0. The van der Waals surface area contributed by atoms with Crippen molar-refractivity contribution in [1.29, 1.82) is 0 Å². The lowest BCUT2D eigenvalue weighted by Crippen LogP contribution is -2.64. The molecule has 2 aliphatic rings. The first-order valence-electron chi connectivity index (χ1n) is 11.3. The Kier molecular flexibility index (Phi) is 7.77. The molecule has 2 fully saturated rings. The van der Waals surface area contributed by atoms with E-state index >= 15 is 0 Å². The molecule has 184 valence electrons. The van der Waals surface area contributed by atoms with Gasteiger partial charge in [0.1, 0.15) is 18.3 Å². The van der Waals surface area contributed by atoms with E-state index in [2.05, 4.69) is 0 Å². The van der Waals surface area contributed by atoms with Crippen LogP contribution < -0.4 is 10.4 Å². The monoisotopic (exact) mass is 465 g/mol. The highest BCUT2D eigenvalue weighted by Gasteiger charge is 2.52. The molecular formula is C23H36BNO8. The zero-order valence-electron chi connectivity index (χ0n) is 20.7. The van der Waals surface area contributed by atoms with Gasteiger partial charge in [-0.25, -0.2) is 9.69 Å². The second-order valence-electron chi connectivity index (χ2n) is 9.38. The molecule has 0 aromatic heterocycles. The Hall–Kier alpha value is -1.69. The highest BCUT2D eigenvalue weighted by Crippen LogP contribution is 2.37. The SMILES string of the molecule is CCO[C@H]1[C@@H](OC)[C@H](C)O[C@H](N(C(=O)O)c2ccc(B3OC(C)(C)C(C)(C)O3)cc2)[C@H]1OC. The van der Waals surface area contributed by atoms with E-state index in [1.165, 1.54) is 7.11 Å². The maximum absolute atomic E-state index is 12.4. The quantitative estimate of drug-likeness (QED) is 0.615. The van der Waals surface area contributed by atoms with E-state index in [0.717, 1.165) is 10.4 Å². The molecule has 0 spiro atoms. The van der Waals surface area contributed by atoms with Gasteiger partial charge in [-0.1, -0.05) is 12.1 Å². The molecular weight excluding hydrogens is 429 g/mol. The van der Waals surface area contributed by atoms with Gasteiger partial charge in [-0.05, 0) is 59.1 Å². The lowest BCUT2D eigenvalue weighted by atomic mass is 9.79. The fourth-order valence-electron chi connectivity index (χ4n) is 4.29. The third-order valence-corrected chi connectivity index (χ3v) is 6.81. The van der Waals surface area contributed by atoms with Crippen molar-refractivity contribution in [3.8, 4) is 0 Å². The van der Waals surface area contributed by atoms with Crippen molar-refractivity contribution >= 4 is 24.4 Å². The zero-order chi connectivity index (χ0) is 24.6. The van der Waals surface area contributed by atoms with E-state index in [4.69, 9.17) is 28.3 Å². The molecule has 1 amide bonds. The molecule has 2 heterocycles. The number of rotatable bonds is 7. The molecule has 9 nitrogen and oxygen atoms in total. The van der Waals surface area contributed by atoms with Gasteiger partial charge in [0.2, 0.25) is 0 Å². The van der Waals surface area contributed by atoms with Crippen molar-refractivity contribution in [1.82, 2.24) is 0 Å². The summed E-state index contributed by atoms with van der Waals surface area (Å²) in [5.74, 6) is 0. The number of carboxylic acid groups (broad SMARTS) is 1. The fourth-order valence-corrected chi connectivity index (χ4v) is 4.29. The van der Waals surface area contributed by atoms with Gasteiger partial charge >= 0.3 is 13.2 Å². The van der Waals surface area contributed by atoms with Crippen molar-refractivity contribution in [2.45, 2.75) is 83.4 Å². The van der Waals surface area contributed by atoms with Crippen molar-refractivity contribution in [3.05, 3.63) is 24.3 Å². The first-order valence-corrected chi connectivity index (χ1v) is 11.3. The van der Waals surface area contributed by atoms with Crippen LogP contribution >= 0.6 is 0 Å². The summed E-state index contributed by atoms with van der Waals surface area (Å²) < 4.78 is 35.5. The normalized spacial score (nSPS) is 30.9. The first-order chi connectivity index (χ1) is 15.5. The number of amides is 1. The summed E-state index contributed by atoms with van der Waals surface area (Å²) in [7, 11) is 2.55. The number of nitrogens with zero attached hydrogens (tertiary/aromatic N) is 1. The molecule has 0 unspecified atom stereocenters. The molecule has 0 saturated carbocycles. The van der Waals surface area contributed by atoms with Crippen molar-refractivity contribution in [2.75, 3.05) is 25.7 Å². The van der Waals surface area contributed by atoms with E-state index in [0.29, 0.717) is 12.3 Å². The second-order valence-corrected chi connectivity index (χ2v) is 9.38. The Morgan fingerprint density at radius 2 is 1.58 bits per heavy atom. The Labute approximate surface area is 196 Å². The minimum absolute atomic E-state index is 0.396. The lowest BCUT2D eigenvalue weighted by Gasteiger charge is -2.47. The van der Waals surface area contributed by atoms with Gasteiger partial charge in [-0.3, -0.25) is 0 Å². The smallest absolute Gasteiger partial charge is 0.465 e. The molecule has 33 heavy (non-hydrogen) atoms. The van der Waals surface area contributed by atoms with Crippen molar-refractivity contribution in [3.63, 3.8) is 0 Å². The molecule has 0 radical (unpaired) electrons. The number of ether oxygens (including phenoxy) is 4. The van der Waals surface area contributed by atoms with Gasteiger partial charge in [-0.15, -0.1) is 0 Å². The standard InChI is InChI=1S/C23H36BNO8/c1-9-30-18-17(28-7)14(2)31-20(19(18)29-8)25(21(26)27)16-12-10-15(11-13-16)24-32-22(3,4)23(5,6)33-24/h10-14,17-20H,9H2,1-8H3,(H,26,27)/t14-,17-,18-,19-,20-/m0/s1. The van der Waals surface area contributed by atoms with Crippen LogP contribution in [0.15, 0.2) is 24.3 Å². The number of benzene rings is 1. The summed E-state index contributed by atoms with van der Waals surface area (Å²) in [5.41, 5.74) is 0.310. The molecule has 2 aliphatic heterocycles. The van der Waals surface area contributed by atoms with Gasteiger partial charge in [0, 0.05) is 26.5 Å². The van der Waals surface area contributed by atoms with Crippen LogP contribution in [0.25, 0.3) is 0 Å². The average molecular weight is 465 g/mol. The van der Waals surface area contributed by atoms with Crippen LogP contribution in [-0.2, 0) is 28.3 Å². The van der Waals surface area contributed by atoms with E-state index in [1.807, 2.05) is 41.5 Å². The molecule has 3 rings (SSSR count). The van der Waals surface area contributed by atoms with Crippen molar-refractivity contribution < 1.29 is 38.2 Å². The van der Waals surface area contributed by atoms with Crippen LogP contribution in [0.2, 0.25) is 0 Å². The number of hydrogen-bond acceptors (Lipinski definition) is 7. The summed E-state index contributed by atoms with van der Waals surface area (Å²) in [5, 5.41) is 10.1. The summed E-state index contributed by atoms with van der Waals surface area (Å²) in [6, 6.07) is 7.04. The molecule has 10 heteroatoms. The predicted molar refractivity (Wildman–Crippen MR) is 124 cm³/mol. The Morgan fingerprint density at radius 3 is 2.03 bits per heavy atom. The highest BCUT2D eigenvalue weighted by atomic mass is 16.7. The third-order valence-electron chi connectivity index (χ3n) is 6.81. The zero-order valence-corrected chi connectivity index (χ0v) is 20.7. The summed E-state index contributed by atoms with van der Waals surface area (Å²) in [6.07, 6.45) is -4.08. The van der Waals surface area contributed by atoms with Crippen LogP contribution in [0, 0.1) is 0 Å². The Bertz CT molecular complexity index is 801. The van der Waals surface area contributed by atoms with E-state index in [9.17, 15) is 9.90 Å². The van der Waals surface area contributed by atoms with Gasteiger partial charge in [0.15, 0.2) is 6.23 Å². The minimum atomic E-state index is -1.16. The summed E-state index contributed by atoms with van der Waals surface area (Å²) in [4.78, 5) is 13.5. The highest BCUT2D eigenvalue weighted by molar-refractivity contribution is 6.62. The maximum Gasteiger partial charge on any atom is 0.494 e. The van der Waals surface area contributed by atoms with Crippen LogP contribution in [0.4, 0.5) is 10.5 Å². The third kappa shape index (κ3) is 4.92. The van der Waals surface area contributed by atoms with E-state index in [-0.39, 0.29) is 0 Å². The van der Waals surface area contributed by atoms with E-state index < -0.39 is 55.1 Å². The largest absolute Gasteiger partial charge is 0.494 e. The topological polar surface area (TPSA) is 95.9 Å². The van der Waals surface area contributed by atoms with Crippen LogP contribution in [-0.4, -0.2) is 81.0 Å². The lowest BCUT2D eigenvalue weighted by molar-refractivity contribution is -0.241. The molecule has 1 aromatic carbocycles. The molecule has 5 atom stereocenters. The molecule has 1 aromatic rings. The van der Waals surface area contributed by atoms with Gasteiger partial charge in [-0.2, -0.15) is 0 Å².